The summed E-state index contributed by atoms with van der Waals surface area (Å²) in [6.07, 6.45) is 21.1. The summed E-state index contributed by atoms with van der Waals surface area (Å²) in [6, 6.07) is 3.39. The van der Waals surface area contributed by atoms with Gasteiger partial charge in [0.15, 0.2) is 23.3 Å². The molecular weight excluding hydrogens is 1930 g/mol. The first-order chi connectivity index (χ1) is 67.7. The van der Waals surface area contributed by atoms with Crippen LogP contribution in [0.4, 0.5) is 47.1 Å². The summed E-state index contributed by atoms with van der Waals surface area (Å²) in [4.78, 5) is 162. The van der Waals surface area contributed by atoms with E-state index in [0.29, 0.717) is 175 Å². The zero-order valence-electron chi connectivity index (χ0n) is 79.6. The van der Waals surface area contributed by atoms with Gasteiger partial charge in [0.25, 0.3) is 35.4 Å². The van der Waals surface area contributed by atoms with Crippen LogP contribution in [-0.2, 0) is 45.4 Å². The number of hydrogen-bond acceptors (Lipinski definition) is 30. The van der Waals surface area contributed by atoms with Crippen molar-refractivity contribution in [1.29, 1.82) is 0 Å². The largest absolute Gasteiger partial charge is 0.496 e. The van der Waals surface area contributed by atoms with E-state index < -0.39 is 5.97 Å². The highest BCUT2D eigenvalue weighted by Crippen LogP contribution is 2.48. The van der Waals surface area contributed by atoms with Gasteiger partial charge in [-0.05, 0) is 149 Å². The number of carboxylic acid groups (broad SMARTS) is 1. The molecule has 0 aromatic carbocycles. The van der Waals surface area contributed by atoms with Crippen molar-refractivity contribution in [2.75, 3.05) is 104 Å². The molecule has 12 aromatic heterocycles. The third kappa shape index (κ3) is 20.3. The van der Waals surface area contributed by atoms with Crippen molar-refractivity contribution < 1.29 is 67.8 Å². The maximum atomic E-state index is 13.8. The van der Waals surface area contributed by atoms with Gasteiger partial charge in [0.2, 0.25) is 23.8 Å². The molecule has 2 fully saturated rings. The SMILES string of the molecule is COc1c(C)cnc(CN2C(=O)/C(=C\c3[nH]c(C)c(C(=O)O)c3C)c3c(Cl)nc(N)nc32)c1C.COc1c(C)cnc(CN2C(=O)/C(=C\c3[nH]ncc3Cl)c3c(Cl)nc(N)nc32)c1C.COc1c(C)cnc(CN2C(=O)/C(=C\c3cc(C(=O)N4CCC(CCO)CC4)c[nH]3)c3c(Cl)nc(N)nc32)c1C.COc1c(C)cnc(CN2C(=O)/C(=C\c3cc(C(=O)N4CCC(O)CC4)c[nH]3)c3c(Cl)nc(N)nc32)c1C. The molecule has 18 rings (SSSR count). The molecule has 41 nitrogen and oxygen atoms in total. The highest BCUT2D eigenvalue weighted by molar-refractivity contribution is 6.44. The number of ether oxygens (including phenoxy) is 4. The van der Waals surface area contributed by atoms with Crippen LogP contribution in [0, 0.1) is 75.2 Å². The predicted molar refractivity (Wildman–Crippen MR) is 537 cm³/mol. The third-order valence-corrected chi connectivity index (χ3v) is 26.7. The number of H-pyrrole nitrogens is 4. The lowest BCUT2D eigenvalue weighted by atomic mass is 9.93. The summed E-state index contributed by atoms with van der Waals surface area (Å²) < 4.78 is 22.0. The minimum absolute atomic E-state index is 0.0233. The Morgan fingerprint density at radius 1 is 0.444 bits per heavy atom. The number of aliphatic hydroxyl groups excluding tert-OH is 2. The molecule has 15 N–H and O–H groups in total. The molecule has 6 aliphatic rings. The Morgan fingerprint density at radius 3 is 1.04 bits per heavy atom. The number of aromatic amines is 4. The number of nitrogens with one attached hydrogen (secondary N) is 4. The van der Waals surface area contributed by atoms with E-state index in [1.54, 1.807) is 121 Å². The normalized spacial score (nSPS) is 15.6. The molecule has 0 unspecified atom stereocenters. The minimum Gasteiger partial charge on any atom is -0.496 e. The number of piperidine rings is 2. The Kier molecular flexibility index (Phi) is 30.1. The Balaban J connectivity index is 0.000000144. The third-order valence-electron chi connectivity index (χ3n) is 25.3. The quantitative estimate of drug-likeness (QED) is 0.0235. The fraction of sp³-hybridized carbons (Fsp3) is 0.312. The zero-order valence-corrected chi connectivity index (χ0v) is 83.4. The van der Waals surface area contributed by atoms with Crippen LogP contribution in [0.2, 0.25) is 25.6 Å². The second-order valence-electron chi connectivity index (χ2n) is 34.3. The van der Waals surface area contributed by atoms with Crippen molar-refractivity contribution in [1.82, 2.24) is 94.8 Å². The van der Waals surface area contributed by atoms with Crippen molar-refractivity contribution in [2.24, 2.45) is 5.92 Å². The molecule has 6 aliphatic heterocycles. The van der Waals surface area contributed by atoms with Gasteiger partial charge in [-0.1, -0.05) is 58.0 Å². The first kappa shape index (κ1) is 101. The van der Waals surface area contributed by atoms with Crippen molar-refractivity contribution in [3.05, 3.63) is 221 Å². The van der Waals surface area contributed by atoms with E-state index in [-0.39, 0.29) is 158 Å². The molecule has 0 saturated carbocycles. The second kappa shape index (κ2) is 42.2. The summed E-state index contributed by atoms with van der Waals surface area (Å²) in [5.74, 6) is 1.48. The minimum atomic E-state index is -1.06. The van der Waals surface area contributed by atoms with E-state index in [1.165, 1.54) is 25.8 Å². The number of carbonyl (C=O) groups excluding carboxylic acids is 6. The molecule has 738 valence electrons. The van der Waals surface area contributed by atoms with Crippen LogP contribution in [0.1, 0.15) is 187 Å². The number of aryl methyl sites for hydroxylation is 5. The summed E-state index contributed by atoms with van der Waals surface area (Å²) >= 11 is 31.8. The highest BCUT2D eigenvalue weighted by Gasteiger charge is 2.44. The molecular formula is C96H100Cl5N27O14. The van der Waals surface area contributed by atoms with Crippen LogP contribution < -0.4 is 61.5 Å². The molecule has 12 aromatic rings. The van der Waals surface area contributed by atoms with Gasteiger partial charge in [-0.3, -0.25) is 73.4 Å². The lowest BCUT2D eigenvalue weighted by Crippen LogP contribution is -2.39. The number of amides is 6. The predicted octanol–water partition coefficient (Wildman–Crippen LogP) is 12.8. The van der Waals surface area contributed by atoms with E-state index in [2.05, 4.69) is 85.0 Å². The van der Waals surface area contributed by atoms with Crippen LogP contribution in [0.5, 0.6) is 23.0 Å². The number of aliphatic hydroxyl groups is 2. The fourth-order valence-corrected chi connectivity index (χ4v) is 19.2. The standard InChI is InChI=1S/C28H32ClN7O4.C26H28ClN7O4.C23H23ClN6O4.C19H17Cl2N7O2/c1-15-12-32-21(16(2)23(15)40-3)14-36-25-22(24(29)33-28(30)34-25)20(27(36)39)11-19-10-18(13-31-19)26(38)35-7-4-17(5-8-35)6-9-37;1-13-10-30-19(14(2)21(13)38-3)12-34-23-20(22(27)31-26(28)32-23)18(25(34)37)9-16-8-15(11-29-16)24(36)33-6-4-17(35)5-7-33;1-9-7-26-15(11(3)18(9)34-5)8-30-20-17(19(24)28-23(25)29-20)13(21(30)31)6-14-10(2)16(22(32)33)12(4)27-14;1-8-5-23-13(9(2)15(8)30-3)7-28-17-14(16(21)25-19(22)26-17)10(18(28)29)4-12-11(20)6-24-27-12/h10-13,17,31,37H,4-9,14H2,1-3H3,(H2,30,33,34);8-11,17,29,35H,4-7,12H2,1-3H3,(H2,28,31,32);6-7,27H,8H2,1-5H3,(H,32,33)(H2,25,28,29);4-6H,7H2,1-3H3,(H,24,27)(H2,22,25,26)/b20-11-;18-9-;13-6-;10-4-. The van der Waals surface area contributed by atoms with Gasteiger partial charge >= 0.3 is 5.97 Å². The van der Waals surface area contributed by atoms with E-state index in [9.17, 15) is 48.9 Å². The maximum Gasteiger partial charge on any atom is 0.337 e. The number of methoxy groups -OCH3 is 4. The number of nitrogens with two attached hydrogens (primary N) is 4. The summed E-state index contributed by atoms with van der Waals surface area (Å²) in [5.41, 5.74) is 39.4. The number of aromatic nitrogens is 17. The number of carboxylic acids is 1. The number of aromatic carboxylic acids is 1. The molecule has 0 radical (unpaired) electrons. The first-order valence-corrected chi connectivity index (χ1v) is 46.4. The number of pyridine rings is 4. The average molecular weight is 2030 g/mol. The Hall–Kier alpha value is -15.0. The van der Waals surface area contributed by atoms with Crippen LogP contribution >= 0.6 is 58.0 Å². The van der Waals surface area contributed by atoms with Crippen LogP contribution in [0.3, 0.4) is 0 Å². The van der Waals surface area contributed by atoms with E-state index >= 15 is 0 Å². The van der Waals surface area contributed by atoms with Crippen molar-refractivity contribution in [3.63, 3.8) is 0 Å². The summed E-state index contributed by atoms with van der Waals surface area (Å²) in [6.45, 7) is 21.4. The molecule has 0 atom stereocenters. The van der Waals surface area contributed by atoms with Gasteiger partial charge in [-0.15, -0.1) is 0 Å². The number of nitrogen functional groups attached to an aromatic ring is 4. The fourth-order valence-electron chi connectivity index (χ4n) is 18.0. The lowest BCUT2D eigenvalue weighted by Gasteiger charge is -2.31. The average Bonchev–Trinajstić information content (AvgIpc) is 1.60. The van der Waals surface area contributed by atoms with Gasteiger partial charge in [-0.25, -0.2) is 24.7 Å². The van der Waals surface area contributed by atoms with Gasteiger partial charge in [0, 0.05) is 137 Å². The summed E-state index contributed by atoms with van der Waals surface area (Å²) in [7, 11) is 6.36. The molecule has 18 heterocycles. The lowest BCUT2D eigenvalue weighted by molar-refractivity contribution is -0.113. The Labute approximate surface area is 838 Å². The topological polar surface area (TPSA) is 571 Å². The van der Waals surface area contributed by atoms with Crippen molar-refractivity contribution in [3.8, 4) is 23.0 Å². The second-order valence-corrected chi connectivity index (χ2v) is 36.2. The van der Waals surface area contributed by atoms with Gasteiger partial charge in [0.1, 0.15) is 43.6 Å². The Morgan fingerprint density at radius 2 is 0.754 bits per heavy atom. The number of rotatable bonds is 21. The molecule has 2 saturated heterocycles. The van der Waals surface area contributed by atoms with Crippen LogP contribution in [-0.4, -0.2) is 219 Å². The van der Waals surface area contributed by atoms with Gasteiger partial charge in [0.05, 0.1) is 162 Å². The number of likely N-dealkylation sites (tertiary alicyclic amines) is 2. The molecule has 0 aliphatic carbocycles. The molecule has 6 amide bonds. The van der Waals surface area contributed by atoms with Crippen molar-refractivity contribution >= 4 is 193 Å². The number of anilines is 8. The zero-order chi connectivity index (χ0) is 102. The number of carbonyl (C=O) groups is 7. The summed E-state index contributed by atoms with van der Waals surface area (Å²) in [5, 5.41) is 35.6. The molecule has 46 heteroatoms. The maximum absolute atomic E-state index is 13.8. The number of nitrogens with zero attached hydrogens (tertiary/aromatic N) is 19. The van der Waals surface area contributed by atoms with Crippen molar-refractivity contribution in [2.45, 2.75) is 134 Å². The first-order valence-electron chi connectivity index (χ1n) is 44.5. The van der Waals surface area contributed by atoms with E-state index in [1.807, 2.05) is 60.3 Å². The smallest absolute Gasteiger partial charge is 0.337 e. The Bertz CT molecular complexity index is 7240. The van der Waals surface area contributed by atoms with E-state index in [4.69, 9.17) is 99.9 Å². The molecule has 142 heavy (non-hydrogen) atoms. The van der Waals surface area contributed by atoms with Gasteiger partial charge < -0.3 is 82.0 Å². The van der Waals surface area contributed by atoms with Crippen LogP contribution in [0.15, 0.2) is 55.5 Å². The number of hydrogen-bond donors (Lipinski definition) is 11. The molecule has 0 bridgehead atoms. The van der Waals surface area contributed by atoms with E-state index in [0.717, 1.165) is 63.8 Å². The molecule has 0 spiro atoms. The number of halogens is 5. The van der Waals surface area contributed by atoms with Gasteiger partial charge in [-0.2, -0.15) is 25.0 Å². The number of fused-ring (bicyclic) bond motifs is 4. The van der Waals surface area contributed by atoms with Crippen LogP contribution in [0.25, 0.3) is 46.6 Å². The highest BCUT2D eigenvalue weighted by atomic mass is 35.5. The monoisotopic (exact) mass is 2030 g/mol.